The Morgan fingerprint density at radius 3 is 3.19 bits per heavy atom. The van der Waals surface area contributed by atoms with Gasteiger partial charge in [-0.2, -0.15) is 0 Å². The monoisotopic (exact) mass is 356 g/mol. The maximum absolute atomic E-state index is 12.6. The number of amides is 1. The summed E-state index contributed by atoms with van der Waals surface area (Å²) >= 11 is 0. The fourth-order valence-electron chi connectivity index (χ4n) is 3.50. The summed E-state index contributed by atoms with van der Waals surface area (Å²) in [5.41, 5.74) is 3.06. The molecular formula is C19H24N4O3. The van der Waals surface area contributed by atoms with Crippen molar-refractivity contribution in [1.82, 2.24) is 20.2 Å². The molecule has 2 aliphatic heterocycles. The number of nitrogens with one attached hydrogen (secondary N) is 2. The van der Waals surface area contributed by atoms with E-state index in [4.69, 9.17) is 14.5 Å². The Hall–Kier alpha value is -2.38. The average Bonchev–Trinajstić information content (AvgIpc) is 3.12. The highest BCUT2D eigenvalue weighted by Gasteiger charge is 2.26. The molecule has 0 saturated carbocycles. The molecule has 4 rings (SSSR count). The van der Waals surface area contributed by atoms with Crippen LogP contribution in [0, 0.1) is 0 Å². The van der Waals surface area contributed by atoms with Gasteiger partial charge in [-0.25, -0.2) is 4.98 Å². The van der Waals surface area contributed by atoms with Gasteiger partial charge >= 0.3 is 0 Å². The van der Waals surface area contributed by atoms with Crippen LogP contribution in [0.25, 0.3) is 11.4 Å². The van der Waals surface area contributed by atoms with Gasteiger partial charge in [-0.3, -0.25) is 4.79 Å². The lowest BCUT2D eigenvalue weighted by atomic mass is 10.1. The van der Waals surface area contributed by atoms with Crippen LogP contribution in [0.3, 0.4) is 0 Å². The summed E-state index contributed by atoms with van der Waals surface area (Å²) in [7, 11) is 1.65. The number of aromatic amines is 1. The van der Waals surface area contributed by atoms with Gasteiger partial charge in [-0.05, 0) is 12.1 Å². The van der Waals surface area contributed by atoms with Gasteiger partial charge in [-0.15, -0.1) is 0 Å². The van der Waals surface area contributed by atoms with Gasteiger partial charge in [0.15, 0.2) is 0 Å². The van der Waals surface area contributed by atoms with Crippen LogP contribution in [-0.4, -0.2) is 60.2 Å². The Kier molecular flexibility index (Phi) is 4.90. The van der Waals surface area contributed by atoms with E-state index in [1.807, 2.05) is 29.2 Å². The number of hydrogen-bond donors (Lipinski definition) is 2. The zero-order chi connectivity index (χ0) is 17.9. The summed E-state index contributed by atoms with van der Waals surface area (Å²) in [6.07, 6.45) is 1.25. The Morgan fingerprint density at radius 1 is 1.46 bits per heavy atom. The van der Waals surface area contributed by atoms with Crippen LogP contribution in [0.2, 0.25) is 0 Å². The summed E-state index contributed by atoms with van der Waals surface area (Å²) in [5, 5.41) is 3.34. The average molecular weight is 356 g/mol. The van der Waals surface area contributed by atoms with E-state index < -0.39 is 0 Å². The SMILES string of the molecule is COc1cccc(-c2nc3c([nH]2)CN(C(=O)C[C@H]2COCCN2)CC3)c1. The van der Waals surface area contributed by atoms with Crippen molar-refractivity contribution in [3.63, 3.8) is 0 Å². The summed E-state index contributed by atoms with van der Waals surface area (Å²) in [6, 6.07) is 7.94. The van der Waals surface area contributed by atoms with Crippen molar-refractivity contribution in [3.05, 3.63) is 35.7 Å². The smallest absolute Gasteiger partial charge is 0.224 e. The molecule has 7 nitrogen and oxygen atoms in total. The van der Waals surface area contributed by atoms with Crippen LogP contribution in [0.1, 0.15) is 17.8 Å². The van der Waals surface area contributed by atoms with Crippen molar-refractivity contribution >= 4 is 5.91 Å². The van der Waals surface area contributed by atoms with Crippen molar-refractivity contribution < 1.29 is 14.3 Å². The molecule has 1 aromatic carbocycles. The first kappa shape index (κ1) is 17.1. The van der Waals surface area contributed by atoms with Crippen molar-refractivity contribution in [3.8, 4) is 17.1 Å². The third-order valence-corrected chi connectivity index (χ3v) is 4.95. The highest BCUT2D eigenvalue weighted by Crippen LogP contribution is 2.25. The van der Waals surface area contributed by atoms with Crippen molar-refractivity contribution in [2.75, 3.05) is 33.4 Å². The fraction of sp³-hybridized carbons (Fsp3) is 0.474. The minimum absolute atomic E-state index is 0.117. The van der Waals surface area contributed by atoms with E-state index in [0.717, 1.165) is 48.1 Å². The Morgan fingerprint density at radius 2 is 2.38 bits per heavy atom. The number of fused-ring (bicyclic) bond motifs is 1. The standard InChI is InChI=1S/C19H24N4O3/c1-25-15-4-2-3-13(9-15)19-21-16-5-7-23(11-17(16)22-19)18(24)10-14-12-26-8-6-20-14/h2-4,9,14,20H,5-8,10-12H2,1H3,(H,21,22)/t14-/m0/s1. The predicted octanol–water partition coefficient (Wildman–Crippen LogP) is 1.35. The molecule has 0 unspecified atom stereocenters. The number of ether oxygens (including phenoxy) is 2. The lowest BCUT2D eigenvalue weighted by Gasteiger charge is -2.29. The molecule has 26 heavy (non-hydrogen) atoms. The second-order valence-corrected chi connectivity index (χ2v) is 6.74. The Labute approximate surface area is 152 Å². The molecule has 2 aromatic rings. The zero-order valence-electron chi connectivity index (χ0n) is 15.0. The van der Waals surface area contributed by atoms with Crippen LogP contribution in [-0.2, 0) is 22.5 Å². The number of rotatable bonds is 4. The van der Waals surface area contributed by atoms with Gasteiger partial charge in [0.05, 0.1) is 38.3 Å². The quantitative estimate of drug-likeness (QED) is 0.864. The number of hydrogen-bond acceptors (Lipinski definition) is 5. The molecule has 0 spiro atoms. The van der Waals surface area contributed by atoms with E-state index in [9.17, 15) is 4.79 Å². The van der Waals surface area contributed by atoms with Crippen LogP contribution < -0.4 is 10.1 Å². The molecule has 1 aromatic heterocycles. The normalized spacial score (nSPS) is 19.9. The predicted molar refractivity (Wildman–Crippen MR) is 96.9 cm³/mol. The number of benzene rings is 1. The van der Waals surface area contributed by atoms with Crippen molar-refractivity contribution in [1.29, 1.82) is 0 Å². The van der Waals surface area contributed by atoms with Crippen molar-refractivity contribution in [2.24, 2.45) is 0 Å². The lowest BCUT2D eigenvalue weighted by Crippen LogP contribution is -2.46. The summed E-state index contributed by atoms with van der Waals surface area (Å²) in [6.45, 7) is 3.43. The van der Waals surface area contributed by atoms with E-state index in [1.54, 1.807) is 7.11 Å². The molecule has 1 fully saturated rings. The van der Waals surface area contributed by atoms with E-state index in [1.165, 1.54) is 0 Å². The molecule has 1 saturated heterocycles. The summed E-state index contributed by atoms with van der Waals surface area (Å²) in [4.78, 5) is 22.6. The number of morpholine rings is 1. The van der Waals surface area contributed by atoms with Gasteiger partial charge in [0.1, 0.15) is 11.6 Å². The molecule has 7 heteroatoms. The Bertz CT molecular complexity index is 783. The van der Waals surface area contributed by atoms with E-state index in [2.05, 4.69) is 10.3 Å². The van der Waals surface area contributed by atoms with Crippen LogP contribution in [0.15, 0.2) is 24.3 Å². The third kappa shape index (κ3) is 3.59. The minimum Gasteiger partial charge on any atom is -0.497 e. The summed E-state index contributed by atoms with van der Waals surface area (Å²) < 4.78 is 10.7. The first-order chi connectivity index (χ1) is 12.7. The maximum Gasteiger partial charge on any atom is 0.224 e. The highest BCUT2D eigenvalue weighted by molar-refractivity contribution is 5.77. The van der Waals surface area contributed by atoms with Crippen LogP contribution >= 0.6 is 0 Å². The molecule has 138 valence electrons. The number of methoxy groups -OCH3 is 1. The molecule has 0 radical (unpaired) electrons. The van der Waals surface area contributed by atoms with Crippen molar-refractivity contribution in [2.45, 2.75) is 25.4 Å². The largest absolute Gasteiger partial charge is 0.497 e. The first-order valence-corrected chi connectivity index (χ1v) is 9.04. The highest BCUT2D eigenvalue weighted by atomic mass is 16.5. The van der Waals surface area contributed by atoms with Gasteiger partial charge < -0.3 is 24.7 Å². The zero-order valence-corrected chi connectivity index (χ0v) is 15.0. The topological polar surface area (TPSA) is 79.5 Å². The molecule has 3 heterocycles. The summed E-state index contributed by atoms with van der Waals surface area (Å²) in [5.74, 6) is 1.79. The van der Waals surface area contributed by atoms with Gasteiger partial charge in [-0.1, -0.05) is 12.1 Å². The second kappa shape index (κ2) is 7.47. The number of aromatic nitrogens is 2. The van der Waals surface area contributed by atoms with E-state index in [0.29, 0.717) is 26.1 Å². The maximum atomic E-state index is 12.6. The van der Waals surface area contributed by atoms with Gasteiger partial charge in [0.25, 0.3) is 0 Å². The molecule has 1 amide bonds. The third-order valence-electron chi connectivity index (χ3n) is 4.95. The van der Waals surface area contributed by atoms with Gasteiger partial charge in [0, 0.05) is 37.5 Å². The molecule has 2 N–H and O–H groups in total. The van der Waals surface area contributed by atoms with E-state index >= 15 is 0 Å². The second-order valence-electron chi connectivity index (χ2n) is 6.74. The van der Waals surface area contributed by atoms with Crippen LogP contribution in [0.5, 0.6) is 5.75 Å². The number of nitrogens with zero attached hydrogens (tertiary/aromatic N) is 2. The molecular weight excluding hydrogens is 332 g/mol. The number of carbonyl (C=O) groups is 1. The number of H-pyrrole nitrogens is 1. The lowest BCUT2D eigenvalue weighted by molar-refractivity contribution is -0.133. The molecule has 0 aliphatic carbocycles. The fourth-order valence-corrected chi connectivity index (χ4v) is 3.50. The Balaban J connectivity index is 1.45. The molecule has 0 bridgehead atoms. The van der Waals surface area contributed by atoms with Crippen LogP contribution in [0.4, 0.5) is 0 Å². The van der Waals surface area contributed by atoms with E-state index in [-0.39, 0.29) is 11.9 Å². The first-order valence-electron chi connectivity index (χ1n) is 9.04. The number of imidazole rings is 1. The molecule has 2 aliphatic rings. The number of carbonyl (C=O) groups excluding carboxylic acids is 1. The van der Waals surface area contributed by atoms with Gasteiger partial charge in [0.2, 0.25) is 5.91 Å². The molecule has 1 atom stereocenters. The minimum atomic E-state index is 0.117.